The number of carbonyl (C=O) groups excluding carboxylic acids is 2. The molecule has 18 heavy (non-hydrogen) atoms. The van der Waals surface area contributed by atoms with Crippen LogP contribution in [0.25, 0.3) is 0 Å². The van der Waals surface area contributed by atoms with Gasteiger partial charge in [-0.1, -0.05) is 0 Å². The van der Waals surface area contributed by atoms with Crippen molar-refractivity contribution in [3.63, 3.8) is 0 Å². The van der Waals surface area contributed by atoms with Gasteiger partial charge in [0.15, 0.2) is 6.04 Å². The zero-order valence-electron chi connectivity index (χ0n) is 9.37. The molecule has 1 unspecified atom stereocenters. The first-order chi connectivity index (χ1) is 8.49. The van der Waals surface area contributed by atoms with E-state index in [-0.39, 0.29) is 11.4 Å². The number of aromatic amines is 1. The largest absolute Gasteiger partial charge is 0.467 e. The van der Waals surface area contributed by atoms with Gasteiger partial charge >= 0.3 is 5.97 Å². The minimum Gasteiger partial charge on any atom is -0.467 e. The van der Waals surface area contributed by atoms with Gasteiger partial charge in [0, 0.05) is 6.07 Å². The SMILES string of the molecule is COC(=O)C(CO)NC(=O)c1cc([N+](=O)[O-])c[nH]1. The number of carbonyl (C=O) groups is 2. The number of nitrogens with one attached hydrogen (secondary N) is 2. The second-order valence-corrected chi connectivity index (χ2v) is 3.26. The van der Waals surface area contributed by atoms with Crippen LogP contribution >= 0.6 is 0 Å². The number of rotatable bonds is 5. The lowest BCUT2D eigenvalue weighted by molar-refractivity contribution is -0.384. The Hall–Kier alpha value is -2.42. The van der Waals surface area contributed by atoms with Crippen LogP contribution in [0.5, 0.6) is 0 Å². The number of amides is 1. The fourth-order valence-electron chi connectivity index (χ4n) is 1.18. The van der Waals surface area contributed by atoms with Crippen molar-refractivity contribution in [1.82, 2.24) is 10.3 Å². The highest BCUT2D eigenvalue weighted by molar-refractivity contribution is 5.95. The summed E-state index contributed by atoms with van der Waals surface area (Å²) in [5, 5.41) is 21.5. The number of aliphatic hydroxyl groups is 1. The van der Waals surface area contributed by atoms with Crippen LogP contribution in [0.2, 0.25) is 0 Å². The van der Waals surface area contributed by atoms with E-state index in [1.165, 1.54) is 0 Å². The van der Waals surface area contributed by atoms with Gasteiger partial charge < -0.3 is 20.1 Å². The molecule has 1 aromatic rings. The van der Waals surface area contributed by atoms with Gasteiger partial charge in [-0.25, -0.2) is 4.79 Å². The number of H-pyrrole nitrogens is 1. The summed E-state index contributed by atoms with van der Waals surface area (Å²) in [6, 6.07) is -0.203. The number of methoxy groups -OCH3 is 1. The Kier molecular flexibility index (Phi) is 4.38. The van der Waals surface area contributed by atoms with Crippen LogP contribution in [0.4, 0.5) is 5.69 Å². The molecule has 0 saturated carbocycles. The third-order valence-electron chi connectivity index (χ3n) is 2.10. The molecule has 1 amide bonds. The monoisotopic (exact) mass is 257 g/mol. The number of hydrogen-bond acceptors (Lipinski definition) is 6. The van der Waals surface area contributed by atoms with Crippen LogP contribution in [-0.4, -0.2) is 46.6 Å². The Morgan fingerprint density at radius 2 is 2.33 bits per heavy atom. The maximum absolute atomic E-state index is 11.6. The normalized spacial score (nSPS) is 11.7. The molecule has 0 aromatic carbocycles. The standard InChI is InChI=1S/C9H11N3O6/c1-18-9(15)7(4-13)11-8(14)6-2-5(3-10-6)12(16)17/h2-3,7,10,13H,4H2,1H3,(H,11,14). The molecular weight excluding hydrogens is 246 g/mol. The molecule has 9 heteroatoms. The Morgan fingerprint density at radius 3 is 2.78 bits per heavy atom. The van der Waals surface area contributed by atoms with E-state index >= 15 is 0 Å². The fraction of sp³-hybridized carbons (Fsp3) is 0.333. The molecule has 0 aliphatic heterocycles. The predicted octanol–water partition coefficient (Wildman–Crippen LogP) is -0.813. The third-order valence-corrected chi connectivity index (χ3v) is 2.10. The van der Waals surface area contributed by atoms with Gasteiger partial charge in [-0.05, 0) is 0 Å². The lowest BCUT2D eigenvalue weighted by atomic mass is 10.3. The van der Waals surface area contributed by atoms with Crippen LogP contribution in [0.15, 0.2) is 12.3 Å². The summed E-state index contributed by atoms with van der Waals surface area (Å²) in [6.07, 6.45) is 1.04. The van der Waals surface area contributed by atoms with Crippen LogP contribution in [-0.2, 0) is 9.53 Å². The number of nitro groups is 1. The van der Waals surface area contributed by atoms with Crippen molar-refractivity contribution < 1.29 is 24.4 Å². The average molecular weight is 257 g/mol. The highest BCUT2D eigenvalue weighted by atomic mass is 16.6. The van der Waals surface area contributed by atoms with Crippen LogP contribution in [0, 0.1) is 10.1 Å². The molecule has 1 aromatic heterocycles. The third kappa shape index (κ3) is 3.04. The smallest absolute Gasteiger partial charge is 0.330 e. The lowest BCUT2D eigenvalue weighted by Crippen LogP contribution is -2.44. The van der Waals surface area contributed by atoms with Crippen molar-refractivity contribution in [2.75, 3.05) is 13.7 Å². The first-order valence-corrected chi connectivity index (χ1v) is 4.82. The summed E-state index contributed by atoms with van der Waals surface area (Å²) in [5.41, 5.74) is -0.372. The second-order valence-electron chi connectivity index (χ2n) is 3.26. The van der Waals surface area contributed by atoms with Crippen LogP contribution in [0.3, 0.4) is 0 Å². The molecule has 0 aliphatic rings. The van der Waals surface area contributed by atoms with E-state index in [1.807, 2.05) is 0 Å². The minimum absolute atomic E-state index is 0.0935. The number of ether oxygens (including phenoxy) is 1. The Balaban J connectivity index is 2.74. The van der Waals surface area contributed by atoms with Crippen molar-refractivity contribution in [2.45, 2.75) is 6.04 Å². The maximum atomic E-state index is 11.6. The van der Waals surface area contributed by atoms with Gasteiger partial charge in [-0.15, -0.1) is 0 Å². The van der Waals surface area contributed by atoms with Crippen molar-refractivity contribution in [3.8, 4) is 0 Å². The summed E-state index contributed by atoms with van der Waals surface area (Å²) in [4.78, 5) is 34.8. The summed E-state index contributed by atoms with van der Waals surface area (Å²) in [6.45, 7) is -0.638. The van der Waals surface area contributed by atoms with E-state index in [0.717, 1.165) is 19.4 Å². The quantitative estimate of drug-likeness (QED) is 0.358. The molecule has 0 bridgehead atoms. The lowest BCUT2D eigenvalue weighted by Gasteiger charge is -2.12. The molecule has 0 spiro atoms. The highest BCUT2D eigenvalue weighted by Crippen LogP contribution is 2.11. The van der Waals surface area contributed by atoms with Gasteiger partial charge in [-0.2, -0.15) is 0 Å². The zero-order valence-corrected chi connectivity index (χ0v) is 9.37. The fourth-order valence-corrected chi connectivity index (χ4v) is 1.18. The maximum Gasteiger partial charge on any atom is 0.330 e. The van der Waals surface area contributed by atoms with Crippen molar-refractivity contribution in [2.24, 2.45) is 0 Å². The van der Waals surface area contributed by atoms with E-state index in [0.29, 0.717) is 0 Å². The summed E-state index contributed by atoms with van der Waals surface area (Å²) in [7, 11) is 1.11. The number of aromatic nitrogens is 1. The molecule has 0 saturated heterocycles. The molecule has 0 fully saturated rings. The van der Waals surface area contributed by atoms with Gasteiger partial charge in [-0.3, -0.25) is 14.9 Å². The van der Waals surface area contributed by atoms with Gasteiger partial charge in [0.2, 0.25) is 0 Å². The molecule has 98 valence electrons. The zero-order chi connectivity index (χ0) is 13.7. The predicted molar refractivity (Wildman–Crippen MR) is 57.8 cm³/mol. The molecule has 9 nitrogen and oxygen atoms in total. The first kappa shape index (κ1) is 13.6. The number of esters is 1. The molecular formula is C9H11N3O6. The van der Waals surface area contributed by atoms with Gasteiger partial charge in [0.05, 0.1) is 24.8 Å². The molecule has 1 heterocycles. The highest BCUT2D eigenvalue weighted by Gasteiger charge is 2.22. The summed E-state index contributed by atoms with van der Waals surface area (Å²) < 4.78 is 4.35. The average Bonchev–Trinajstić information content (AvgIpc) is 2.84. The van der Waals surface area contributed by atoms with Crippen molar-refractivity contribution in [3.05, 3.63) is 28.1 Å². The van der Waals surface area contributed by atoms with Gasteiger partial charge in [0.1, 0.15) is 5.69 Å². The Morgan fingerprint density at radius 1 is 1.67 bits per heavy atom. The number of aliphatic hydroxyl groups excluding tert-OH is 1. The summed E-state index contributed by atoms with van der Waals surface area (Å²) in [5.74, 6) is -1.57. The van der Waals surface area contributed by atoms with Crippen molar-refractivity contribution >= 4 is 17.6 Å². The minimum atomic E-state index is -1.22. The topological polar surface area (TPSA) is 135 Å². The molecule has 0 radical (unpaired) electrons. The van der Waals surface area contributed by atoms with E-state index in [4.69, 9.17) is 5.11 Å². The van der Waals surface area contributed by atoms with Crippen LogP contribution < -0.4 is 5.32 Å². The summed E-state index contributed by atoms with van der Waals surface area (Å²) >= 11 is 0. The van der Waals surface area contributed by atoms with E-state index in [2.05, 4.69) is 15.0 Å². The van der Waals surface area contributed by atoms with Crippen LogP contribution in [0.1, 0.15) is 10.5 Å². The first-order valence-electron chi connectivity index (χ1n) is 4.82. The van der Waals surface area contributed by atoms with E-state index in [9.17, 15) is 19.7 Å². The molecule has 1 rings (SSSR count). The van der Waals surface area contributed by atoms with Gasteiger partial charge in [0.25, 0.3) is 11.6 Å². The molecule has 3 N–H and O–H groups in total. The second kappa shape index (κ2) is 5.77. The Bertz CT molecular complexity index is 469. The van der Waals surface area contributed by atoms with E-state index < -0.39 is 29.4 Å². The van der Waals surface area contributed by atoms with E-state index in [1.54, 1.807) is 0 Å². The number of hydrogen-bond donors (Lipinski definition) is 3. The molecule has 1 atom stereocenters. The number of nitrogens with zero attached hydrogens (tertiary/aromatic N) is 1. The molecule has 0 aliphatic carbocycles. The Labute approximate surface area is 101 Å². The van der Waals surface area contributed by atoms with Crippen molar-refractivity contribution in [1.29, 1.82) is 0 Å².